The Hall–Kier alpha value is -3.87. The minimum absolute atomic E-state index is 0.0458. The SMILES string of the molecule is COc1ccc(CC(=O)N(Cc2ccc(F)cc2)[C@@H](C(=O)NCCC(C)C)c2ccccc2)cc1OC. The number of hydrogen-bond acceptors (Lipinski definition) is 4. The van der Waals surface area contributed by atoms with Gasteiger partial charge in [0.2, 0.25) is 11.8 Å². The van der Waals surface area contributed by atoms with Gasteiger partial charge < -0.3 is 19.7 Å². The number of amides is 2. The molecule has 0 saturated heterocycles. The van der Waals surface area contributed by atoms with Crippen LogP contribution in [0.1, 0.15) is 43.0 Å². The van der Waals surface area contributed by atoms with Gasteiger partial charge in [-0.25, -0.2) is 4.39 Å². The molecule has 0 saturated carbocycles. The first-order valence-corrected chi connectivity index (χ1v) is 12.4. The number of nitrogens with one attached hydrogen (secondary N) is 1. The van der Waals surface area contributed by atoms with Crippen molar-refractivity contribution >= 4 is 11.8 Å². The van der Waals surface area contributed by atoms with Gasteiger partial charge >= 0.3 is 0 Å². The second-order valence-electron chi connectivity index (χ2n) is 9.30. The van der Waals surface area contributed by atoms with Crippen LogP contribution in [0.25, 0.3) is 0 Å². The Morgan fingerprint density at radius 2 is 1.54 bits per heavy atom. The van der Waals surface area contributed by atoms with Crippen LogP contribution in [0.4, 0.5) is 4.39 Å². The average Bonchev–Trinajstić information content (AvgIpc) is 2.89. The summed E-state index contributed by atoms with van der Waals surface area (Å²) >= 11 is 0. The zero-order valence-electron chi connectivity index (χ0n) is 21.9. The van der Waals surface area contributed by atoms with E-state index >= 15 is 0 Å². The van der Waals surface area contributed by atoms with Crippen molar-refractivity contribution in [3.8, 4) is 11.5 Å². The molecule has 1 N–H and O–H groups in total. The largest absolute Gasteiger partial charge is 0.493 e. The molecule has 3 aromatic rings. The van der Waals surface area contributed by atoms with Gasteiger partial charge in [0.25, 0.3) is 0 Å². The highest BCUT2D eigenvalue weighted by Crippen LogP contribution is 2.29. The van der Waals surface area contributed by atoms with E-state index in [0.717, 1.165) is 17.5 Å². The quantitative estimate of drug-likeness (QED) is 0.361. The molecule has 0 aliphatic heterocycles. The van der Waals surface area contributed by atoms with E-state index < -0.39 is 6.04 Å². The van der Waals surface area contributed by atoms with Crippen LogP contribution in [0.15, 0.2) is 72.8 Å². The summed E-state index contributed by atoms with van der Waals surface area (Å²) in [4.78, 5) is 28.9. The van der Waals surface area contributed by atoms with Crippen molar-refractivity contribution < 1.29 is 23.5 Å². The van der Waals surface area contributed by atoms with Gasteiger partial charge in [0.1, 0.15) is 11.9 Å². The zero-order valence-corrected chi connectivity index (χ0v) is 21.9. The van der Waals surface area contributed by atoms with Gasteiger partial charge in [-0.05, 0) is 53.3 Å². The Labute approximate surface area is 218 Å². The van der Waals surface area contributed by atoms with Crippen molar-refractivity contribution in [1.29, 1.82) is 0 Å². The highest BCUT2D eigenvalue weighted by atomic mass is 19.1. The molecule has 0 radical (unpaired) electrons. The minimum Gasteiger partial charge on any atom is -0.493 e. The smallest absolute Gasteiger partial charge is 0.247 e. The molecule has 0 aromatic heterocycles. The maximum absolute atomic E-state index is 13.8. The fourth-order valence-electron chi connectivity index (χ4n) is 4.07. The van der Waals surface area contributed by atoms with Crippen molar-refractivity contribution in [1.82, 2.24) is 10.2 Å². The second kappa shape index (κ2) is 13.4. The molecule has 2 amide bonds. The number of halogens is 1. The number of ether oxygens (including phenoxy) is 2. The molecule has 0 unspecified atom stereocenters. The van der Waals surface area contributed by atoms with Crippen molar-refractivity contribution in [3.05, 3.63) is 95.3 Å². The Balaban J connectivity index is 1.98. The topological polar surface area (TPSA) is 67.9 Å². The fraction of sp³-hybridized carbons (Fsp3) is 0.333. The lowest BCUT2D eigenvalue weighted by Crippen LogP contribution is -2.44. The molecule has 0 aliphatic carbocycles. The number of carbonyl (C=O) groups excluding carboxylic acids is 2. The maximum atomic E-state index is 13.8. The highest BCUT2D eigenvalue weighted by Gasteiger charge is 2.31. The molecule has 3 aromatic carbocycles. The summed E-state index contributed by atoms with van der Waals surface area (Å²) in [6.45, 7) is 4.83. The van der Waals surface area contributed by atoms with Crippen LogP contribution in [0.2, 0.25) is 0 Å². The summed E-state index contributed by atoms with van der Waals surface area (Å²) in [6.07, 6.45) is 0.870. The molecule has 1 atom stereocenters. The Morgan fingerprint density at radius 1 is 0.892 bits per heavy atom. The fourth-order valence-corrected chi connectivity index (χ4v) is 4.07. The van der Waals surface area contributed by atoms with Gasteiger partial charge in [0, 0.05) is 13.1 Å². The normalized spacial score (nSPS) is 11.6. The number of benzene rings is 3. The van der Waals surface area contributed by atoms with Gasteiger partial charge in [-0.3, -0.25) is 9.59 Å². The molecule has 0 heterocycles. The van der Waals surface area contributed by atoms with Crippen molar-refractivity contribution in [2.75, 3.05) is 20.8 Å². The predicted molar refractivity (Wildman–Crippen MR) is 142 cm³/mol. The first kappa shape index (κ1) is 27.7. The van der Waals surface area contributed by atoms with Crippen LogP contribution in [0.5, 0.6) is 11.5 Å². The molecular weight excluding hydrogens is 471 g/mol. The number of nitrogens with zero attached hydrogens (tertiary/aromatic N) is 1. The van der Waals surface area contributed by atoms with Gasteiger partial charge in [-0.2, -0.15) is 0 Å². The standard InChI is InChI=1S/C30H35FN2O4/c1-21(2)16-17-32-30(35)29(24-8-6-5-7-9-24)33(20-22-10-13-25(31)14-11-22)28(34)19-23-12-15-26(36-3)27(18-23)37-4/h5-15,18,21,29H,16-17,19-20H2,1-4H3,(H,32,35)/t29-/m1/s1. The zero-order chi connectivity index (χ0) is 26.8. The van der Waals surface area contributed by atoms with Crippen LogP contribution in [0.3, 0.4) is 0 Å². The van der Waals surface area contributed by atoms with E-state index in [1.165, 1.54) is 19.2 Å². The van der Waals surface area contributed by atoms with E-state index in [9.17, 15) is 14.0 Å². The van der Waals surface area contributed by atoms with E-state index in [1.54, 1.807) is 42.3 Å². The van der Waals surface area contributed by atoms with E-state index in [-0.39, 0.29) is 30.6 Å². The van der Waals surface area contributed by atoms with Crippen LogP contribution in [-0.2, 0) is 22.6 Å². The van der Waals surface area contributed by atoms with Crippen LogP contribution >= 0.6 is 0 Å². The summed E-state index contributed by atoms with van der Waals surface area (Å²) in [5, 5.41) is 3.01. The number of rotatable bonds is 12. The maximum Gasteiger partial charge on any atom is 0.247 e. The van der Waals surface area contributed by atoms with Gasteiger partial charge in [-0.15, -0.1) is 0 Å². The summed E-state index contributed by atoms with van der Waals surface area (Å²) < 4.78 is 24.3. The molecule has 7 heteroatoms. The van der Waals surface area contributed by atoms with Crippen molar-refractivity contribution in [2.24, 2.45) is 5.92 Å². The number of hydrogen-bond donors (Lipinski definition) is 1. The van der Waals surface area contributed by atoms with E-state index in [2.05, 4.69) is 19.2 Å². The molecule has 37 heavy (non-hydrogen) atoms. The Kier molecular flexibility index (Phi) is 10.1. The second-order valence-corrected chi connectivity index (χ2v) is 9.30. The first-order valence-electron chi connectivity index (χ1n) is 12.4. The van der Waals surface area contributed by atoms with Gasteiger partial charge in [0.05, 0.1) is 20.6 Å². The number of methoxy groups -OCH3 is 2. The van der Waals surface area contributed by atoms with E-state index in [0.29, 0.717) is 29.5 Å². The molecule has 0 bridgehead atoms. The average molecular weight is 507 g/mol. The Morgan fingerprint density at radius 3 is 2.16 bits per heavy atom. The lowest BCUT2D eigenvalue weighted by molar-refractivity contribution is -0.141. The summed E-state index contributed by atoms with van der Waals surface area (Å²) in [6, 6.07) is 19.7. The lowest BCUT2D eigenvalue weighted by atomic mass is 10.0. The molecule has 0 fully saturated rings. The molecule has 0 spiro atoms. The summed E-state index contributed by atoms with van der Waals surface area (Å²) in [5.41, 5.74) is 2.14. The minimum atomic E-state index is -0.856. The van der Waals surface area contributed by atoms with E-state index in [4.69, 9.17) is 9.47 Å². The third kappa shape index (κ3) is 7.81. The third-order valence-corrected chi connectivity index (χ3v) is 6.09. The Bertz CT molecular complexity index is 1170. The van der Waals surface area contributed by atoms with Crippen molar-refractivity contribution in [3.63, 3.8) is 0 Å². The predicted octanol–water partition coefficient (Wildman–Crippen LogP) is 5.32. The molecule has 0 aliphatic rings. The van der Waals surface area contributed by atoms with Crippen molar-refractivity contribution in [2.45, 2.75) is 39.3 Å². The molecule has 196 valence electrons. The van der Waals surface area contributed by atoms with Crippen LogP contribution in [-0.4, -0.2) is 37.5 Å². The van der Waals surface area contributed by atoms with Crippen LogP contribution in [0, 0.1) is 11.7 Å². The van der Waals surface area contributed by atoms with E-state index in [1.807, 2.05) is 30.3 Å². The molecular formula is C30H35FN2O4. The van der Waals surface area contributed by atoms with Crippen LogP contribution < -0.4 is 14.8 Å². The highest BCUT2D eigenvalue weighted by molar-refractivity contribution is 5.89. The third-order valence-electron chi connectivity index (χ3n) is 6.09. The lowest BCUT2D eigenvalue weighted by Gasteiger charge is -2.32. The monoisotopic (exact) mass is 506 g/mol. The summed E-state index contributed by atoms with van der Waals surface area (Å²) in [5.74, 6) is 0.645. The molecule has 3 rings (SSSR count). The van der Waals surface area contributed by atoms with Gasteiger partial charge in [0.15, 0.2) is 11.5 Å². The van der Waals surface area contributed by atoms with Gasteiger partial charge in [-0.1, -0.05) is 62.4 Å². The first-order chi connectivity index (χ1) is 17.8. The number of carbonyl (C=O) groups is 2. The molecule has 6 nitrogen and oxygen atoms in total. The summed E-state index contributed by atoms with van der Waals surface area (Å²) in [7, 11) is 3.09.